The summed E-state index contributed by atoms with van der Waals surface area (Å²) in [5.74, 6) is 0.303. The highest BCUT2D eigenvalue weighted by atomic mass is 19.4. The molecule has 3 aliphatic carbocycles. The second kappa shape index (κ2) is 12.4. The number of piperidine rings is 1. The molecule has 0 radical (unpaired) electrons. The maximum Gasteiger partial charge on any atom is 0.416 e. The van der Waals surface area contributed by atoms with E-state index in [0.29, 0.717) is 56.8 Å². The molecule has 7 rings (SSSR count). The third kappa shape index (κ3) is 5.35. The standard InChI is InChI=1S/C38H43F3N2O5/c1-3-19-42-20-18-36-33-27-13-14-30(47-24(2)44)34(33)48-35(36)29(16-17-37(36,46)31(42)22-27)43(23-26-8-5-4-6-9-26)32(45)15-12-25-10-7-11-28(21-25)38(39,40)41/h3,7,10-15,21,26,29,31,35,46H,1,4-6,8-9,16-20,22-23H2,2H3/t29-,31-,35+,36+,37-/m1/s1. The van der Waals surface area contributed by atoms with Gasteiger partial charge in [0.05, 0.1) is 22.6 Å². The second-order valence-corrected chi connectivity index (χ2v) is 14.3. The van der Waals surface area contributed by atoms with Crippen molar-refractivity contribution >= 4 is 18.0 Å². The number of ether oxygens (including phenoxy) is 2. The lowest BCUT2D eigenvalue weighted by Gasteiger charge is -2.64. The Balaban J connectivity index is 1.30. The fraction of sp³-hybridized carbons (Fsp3) is 0.526. The van der Waals surface area contributed by atoms with Gasteiger partial charge in [-0.25, -0.2) is 0 Å². The van der Waals surface area contributed by atoms with Crippen LogP contribution in [-0.4, -0.2) is 70.2 Å². The van der Waals surface area contributed by atoms with Crippen LogP contribution in [0.5, 0.6) is 11.5 Å². The number of esters is 1. The molecule has 1 N–H and O–H groups in total. The molecule has 0 unspecified atom stereocenters. The van der Waals surface area contributed by atoms with Gasteiger partial charge in [-0.05, 0) is 86.4 Å². The minimum atomic E-state index is -4.49. The molecule has 2 aliphatic heterocycles. The molecule has 1 spiro atoms. The third-order valence-corrected chi connectivity index (χ3v) is 11.6. The van der Waals surface area contributed by atoms with Crippen LogP contribution in [0.3, 0.4) is 0 Å². The molecule has 2 saturated carbocycles. The lowest BCUT2D eigenvalue weighted by atomic mass is 9.48. The van der Waals surface area contributed by atoms with Crippen molar-refractivity contribution in [2.24, 2.45) is 5.92 Å². The van der Waals surface area contributed by atoms with Crippen LogP contribution in [0.25, 0.3) is 6.08 Å². The molecular weight excluding hydrogens is 621 g/mol. The van der Waals surface area contributed by atoms with Crippen molar-refractivity contribution in [3.63, 3.8) is 0 Å². The van der Waals surface area contributed by atoms with E-state index < -0.39 is 40.9 Å². The van der Waals surface area contributed by atoms with Crippen molar-refractivity contribution < 1.29 is 37.3 Å². The lowest BCUT2D eigenvalue weighted by Crippen LogP contribution is -2.78. The highest BCUT2D eigenvalue weighted by molar-refractivity contribution is 5.92. The van der Waals surface area contributed by atoms with Gasteiger partial charge in [0.1, 0.15) is 6.10 Å². The van der Waals surface area contributed by atoms with Gasteiger partial charge >= 0.3 is 12.1 Å². The number of hydrogen-bond acceptors (Lipinski definition) is 6. The zero-order valence-corrected chi connectivity index (χ0v) is 27.3. The molecule has 256 valence electrons. The van der Waals surface area contributed by atoms with Crippen molar-refractivity contribution in [3.05, 3.63) is 77.4 Å². The number of benzene rings is 2. The average Bonchev–Trinajstić information content (AvgIpc) is 3.41. The molecule has 3 fully saturated rings. The topological polar surface area (TPSA) is 79.3 Å². The highest BCUT2D eigenvalue weighted by Crippen LogP contribution is 2.66. The van der Waals surface area contributed by atoms with E-state index in [1.807, 2.05) is 17.0 Å². The summed E-state index contributed by atoms with van der Waals surface area (Å²) in [5, 5.41) is 12.9. The fourth-order valence-corrected chi connectivity index (χ4v) is 9.65. The summed E-state index contributed by atoms with van der Waals surface area (Å²) < 4.78 is 52.8. The third-order valence-electron chi connectivity index (χ3n) is 11.6. The van der Waals surface area contributed by atoms with E-state index >= 15 is 0 Å². The summed E-state index contributed by atoms with van der Waals surface area (Å²) in [6, 6.07) is 8.09. The molecule has 10 heteroatoms. The molecule has 2 aromatic carbocycles. The van der Waals surface area contributed by atoms with Crippen LogP contribution in [-0.2, 0) is 27.6 Å². The summed E-state index contributed by atoms with van der Waals surface area (Å²) in [6.45, 7) is 7.14. The van der Waals surface area contributed by atoms with Gasteiger partial charge in [-0.3, -0.25) is 14.5 Å². The van der Waals surface area contributed by atoms with Crippen LogP contribution in [0.1, 0.15) is 80.5 Å². The first kappa shape index (κ1) is 32.9. The number of likely N-dealkylation sites (tertiary alicyclic amines) is 1. The Kier molecular flexibility index (Phi) is 8.47. The van der Waals surface area contributed by atoms with Gasteiger partial charge in [0.15, 0.2) is 11.5 Å². The molecule has 2 bridgehead atoms. The summed E-state index contributed by atoms with van der Waals surface area (Å²) >= 11 is 0. The van der Waals surface area contributed by atoms with Crippen molar-refractivity contribution in [2.45, 2.75) is 100 Å². The maximum absolute atomic E-state index is 14.3. The molecular formula is C38H43F3N2O5. The Morgan fingerprint density at radius 1 is 1.15 bits per heavy atom. The maximum atomic E-state index is 14.3. The zero-order valence-electron chi connectivity index (χ0n) is 27.3. The molecule has 7 nitrogen and oxygen atoms in total. The minimum Gasteiger partial charge on any atom is -0.483 e. The highest BCUT2D eigenvalue weighted by Gasteiger charge is 2.73. The van der Waals surface area contributed by atoms with Gasteiger partial charge in [-0.1, -0.05) is 43.5 Å². The predicted molar refractivity (Wildman–Crippen MR) is 174 cm³/mol. The zero-order chi connectivity index (χ0) is 33.8. The number of halogens is 3. The first-order valence-electron chi connectivity index (χ1n) is 17.2. The molecule has 5 aliphatic rings. The number of alkyl halides is 3. The van der Waals surface area contributed by atoms with E-state index in [-0.39, 0.29) is 23.4 Å². The van der Waals surface area contributed by atoms with Gasteiger partial charge in [0, 0.05) is 37.7 Å². The Morgan fingerprint density at radius 2 is 1.94 bits per heavy atom. The van der Waals surface area contributed by atoms with Crippen LogP contribution >= 0.6 is 0 Å². The molecule has 1 saturated heterocycles. The van der Waals surface area contributed by atoms with Crippen LogP contribution in [0.2, 0.25) is 0 Å². The second-order valence-electron chi connectivity index (χ2n) is 14.3. The first-order valence-corrected chi connectivity index (χ1v) is 17.2. The van der Waals surface area contributed by atoms with Crippen molar-refractivity contribution in [1.29, 1.82) is 0 Å². The normalized spacial score (nSPS) is 29.6. The smallest absolute Gasteiger partial charge is 0.416 e. The van der Waals surface area contributed by atoms with Crippen LogP contribution in [0.4, 0.5) is 13.2 Å². The fourth-order valence-electron chi connectivity index (χ4n) is 9.65. The predicted octanol–water partition coefficient (Wildman–Crippen LogP) is 6.46. The van der Waals surface area contributed by atoms with Gasteiger partial charge in [0.25, 0.3) is 0 Å². The SMILES string of the molecule is C=CCN1CC[C@]23c4c5ccc(OC(C)=O)c4O[C@H]2[C@H](N(CC2CCCCC2)C(=O)C=Cc2cccc(C(F)(F)F)c2)CC[C@@]3(O)[C@H]1C5. The summed E-state index contributed by atoms with van der Waals surface area (Å²) in [4.78, 5) is 30.6. The van der Waals surface area contributed by atoms with Crippen LogP contribution < -0.4 is 9.47 Å². The van der Waals surface area contributed by atoms with Gasteiger partial charge in [-0.2, -0.15) is 13.2 Å². The quantitative estimate of drug-likeness (QED) is 0.151. The lowest BCUT2D eigenvalue weighted by molar-refractivity contribution is -0.200. The largest absolute Gasteiger partial charge is 0.483 e. The number of aliphatic hydroxyl groups is 1. The molecule has 2 aromatic rings. The van der Waals surface area contributed by atoms with Crippen molar-refractivity contribution in [3.8, 4) is 11.5 Å². The number of hydrogen-bond donors (Lipinski definition) is 1. The Hall–Kier alpha value is -3.63. The van der Waals surface area contributed by atoms with E-state index in [4.69, 9.17) is 9.47 Å². The van der Waals surface area contributed by atoms with E-state index in [2.05, 4.69) is 11.5 Å². The van der Waals surface area contributed by atoms with E-state index in [1.165, 1.54) is 25.1 Å². The number of carbonyl (C=O) groups is 2. The Morgan fingerprint density at radius 3 is 2.67 bits per heavy atom. The van der Waals surface area contributed by atoms with E-state index in [0.717, 1.165) is 55.4 Å². The van der Waals surface area contributed by atoms with Crippen molar-refractivity contribution in [1.82, 2.24) is 9.80 Å². The summed E-state index contributed by atoms with van der Waals surface area (Å²) in [5.41, 5.74) is -0.548. The summed E-state index contributed by atoms with van der Waals surface area (Å²) in [7, 11) is 0. The van der Waals surface area contributed by atoms with Gasteiger partial charge < -0.3 is 19.5 Å². The van der Waals surface area contributed by atoms with Gasteiger partial charge in [0.2, 0.25) is 5.91 Å². The number of amides is 1. The Bertz CT molecular complexity index is 1630. The first-order chi connectivity index (χ1) is 23.0. The average molecular weight is 665 g/mol. The molecule has 2 heterocycles. The molecule has 1 amide bonds. The monoisotopic (exact) mass is 664 g/mol. The van der Waals surface area contributed by atoms with Crippen LogP contribution in [0, 0.1) is 5.92 Å². The molecule has 48 heavy (non-hydrogen) atoms. The van der Waals surface area contributed by atoms with E-state index in [1.54, 1.807) is 12.1 Å². The van der Waals surface area contributed by atoms with Crippen molar-refractivity contribution in [2.75, 3.05) is 19.6 Å². The van der Waals surface area contributed by atoms with E-state index in [9.17, 15) is 27.9 Å². The number of rotatable bonds is 8. The van der Waals surface area contributed by atoms with Crippen LogP contribution in [0.15, 0.2) is 55.1 Å². The van der Waals surface area contributed by atoms with Gasteiger partial charge in [-0.15, -0.1) is 6.58 Å². The number of carbonyl (C=O) groups excluding carboxylic acids is 2. The summed E-state index contributed by atoms with van der Waals surface area (Å²) in [6.07, 6.45) is 7.05. The minimum absolute atomic E-state index is 0.183. The molecule has 5 atom stereocenters. The Labute approximate surface area is 279 Å². The number of nitrogens with zero attached hydrogens (tertiary/aromatic N) is 2. The molecule has 0 aromatic heterocycles.